The van der Waals surface area contributed by atoms with Crippen LogP contribution in [0, 0.1) is 35.5 Å². The molecule has 4 rings (SSSR count). The van der Waals surface area contributed by atoms with Crippen LogP contribution in [0.4, 0.5) is 0 Å². The minimum atomic E-state index is -3.32. The molecule has 1 amide bonds. The molecule has 4 aliphatic rings. The van der Waals surface area contributed by atoms with Gasteiger partial charge in [-0.3, -0.25) is 23.7 Å². The molecule has 2 bridgehead atoms. The molecule has 2 saturated heterocycles. The van der Waals surface area contributed by atoms with E-state index in [1.807, 2.05) is 58.1 Å². The summed E-state index contributed by atoms with van der Waals surface area (Å²) in [6.45, 7) is 16.1. The number of ether oxygens (including phenoxy) is 5. The van der Waals surface area contributed by atoms with Crippen LogP contribution >= 0.6 is 7.60 Å². The van der Waals surface area contributed by atoms with Crippen LogP contribution in [0.3, 0.4) is 0 Å². The lowest BCUT2D eigenvalue weighted by atomic mass is 9.78. The van der Waals surface area contributed by atoms with Gasteiger partial charge in [0.2, 0.25) is 5.79 Å². The molecule has 0 radical (unpaired) electrons. The molecule has 1 saturated carbocycles. The number of Topliss-reactive ketones (excluding diaryl/α,β-unsaturated/α-hetero) is 3. The van der Waals surface area contributed by atoms with E-state index in [4.69, 9.17) is 32.7 Å². The summed E-state index contributed by atoms with van der Waals surface area (Å²) in [6.07, 6.45) is 10.8. The van der Waals surface area contributed by atoms with Gasteiger partial charge in [-0.25, -0.2) is 4.79 Å². The van der Waals surface area contributed by atoms with Gasteiger partial charge in [-0.2, -0.15) is 0 Å². The van der Waals surface area contributed by atoms with E-state index in [0.717, 1.165) is 5.57 Å². The van der Waals surface area contributed by atoms with Gasteiger partial charge in [-0.15, -0.1) is 0 Å². The Morgan fingerprint density at radius 1 is 0.873 bits per heavy atom. The number of carbonyl (C=O) groups is 5. The van der Waals surface area contributed by atoms with Crippen molar-refractivity contribution >= 4 is 36.8 Å². The number of esters is 1. The second kappa shape index (κ2) is 27.9. The van der Waals surface area contributed by atoms with Gasteiger partial charge < -0.3 is 47.8 Å². The van der Waals surface area contributed by atoms with E-state index in [9.17, 15) is 38.8 Å². The highest BCUT2D eigenvalue weighted by Gasteiger charge is 2.53. The van der Waals surface area contributed by atoms with E-state index in [1.54, 1.807) is 48.0 Å². The number of piperidine rings is 1. The van der Waals surface area contributed by atoms with Crippen molar-refractivity contribution in [3.8, 4) is 0 Å². The highest BCUT2D eigenvalue weighted by atomic mass is 31.2. The van der Waals surface area contributed by atoms with Crippen molar-refractivity contribution in [3.63, 3.8) is 0 Å². The standard InChI is InChI=1S/C54H86NO15P/c1-13-67-71(12,63)70-44-25-23-40(30-47(44)65-10)29-36(5)46-32-43(56)35(4)28-38(7)49(58)50(66-11)48(57)37(6)27-33(2)19-15-14-16-20-34(3)45(64-9)31-41-24-22-39(8)54(62,69-41)51(59)52(60)55-26-18-17-21-42(55)53(61)68-46/h14-16,19-20,28,33,35-37,39-42,44-47,49-50,58,62H,13,17-18,21-27,29-32H2,1-12H3/b16-14+,19-15-,34-20+,38-28+/t33-,35-,36-,37-,39-,40+,41+,42+,44-,45+,46+,47-,49-,50+,54-,71?/m1/s1. The van der Waals surface area contributed by atoms with Crippen molar-refractivity contribution < 1.29 is 71.5 Å². The van der Waals surface area contributed by atoms with Gasteiger partial charge in [0.25, 0.3) is 11.7 Å². The maximum Gasteiger partial charge on any atom is 0.329 e. The van der Waals surface area contributed by atoms with Crippen molar-refractivity contribution in [1.29, 1.82) is 0 Å². The number of ketones is 3. The van der Waals surface area contributed by atoms with Gasteiger partial charge in [-0.05, 0) is 114 Å². The normalized spacial score (nSPS) is 38.9. The van der Waals surface area contributed by atoms with Gasteiger partial charge >= 0.3 is 13.6 Å². The number of rotatable bonds is 10. The summed E-state index contributed by atoms with van der Waals surface area (Å²) >= 11 is 0. The number of amides is 1. The van der Waals surface area contributed by atoms with Crippen molar-refractivity contribution in [2.24, 2.45) is 35.5 Å². The molecular formula is C54H86NO15P. The quantitative estimate of drug-likeness (QED) is 0.0917. The van der Waals surface area contributed by atoms with Crippen LogP contribution in [-0.2, 0) is 61.3 Å². The molecule has 3 fully saturated rings. The van der Waals surface area contributed by atoms with Crippen molar-refractivity contribution in [2.75, 3.05) is 41.1 Å². The SMILES string of the molecule is CCOP(C)(=O)O[C@@H]1CC[C@@H](C[C@@H](C)[C@@H]2CC(=O)[C@H](C)/C=C(\C)[C@@H](O)[C@@H](OC)C(=O)[C@H](C)C[C@H](C)\C=C/C=C/C=C(\C)[C@@H](OC)C[C@@H]3CC[C@@H](C)[C@@](O)(O3)C(=O)C(=O)N3CCCC[C@H]3C(=O)O2)C[C@H]1OC. The van der Waals surface area contributed by atoms with E-state index in [0.29, 0.717) is 69.8 Å². The molecule has 0 spiro atoms. The molecule has 1 unspecified atom stereocenters. The van der Waals surface area contributed by atoms with Crippen LogP contribution in [0.15, 0.2) is 47.6 Å². The predicted octanol–water partition coefficient (Wildman–Crippen LogP) is 8.06. The maximum absolute atomic E-state index is 14.5. The second-order valence-electron chi connectivity index (χ2n) is 20.9. The topological polar surface area (TPSA) is 211 Å². The molecule has 1 aliphatic carbocycles. The van der Waals surface area contributed by atoms with E-state index < -0.39 is 97.6 Å². The molecule has 17 heteroatoms. The molecular weight excluding hydrogens is 934 g/mol. The average molecular weight is 1020 g/mol. The third-order valence-electron chi connectivity index (χ3n) is 15.1. The first kappa shape index (κ1) is 60.4. The van der Waals surface area contributed by atoms with Crippen LogP contribution in [0.25, 0.3) is 0 Å². The average Bonchev–Trinajstić information content (AvgIpc) is 3.33. The van der Waals surface area contributed by atoms with Gasteiger partial charge in [0.1, 0.15) is 30.1 Å². The Hall–Kier alpha value is -3.18. The summed E-state index contributed by atoms with van der Waals surface area (Å²) in [6, 6.07) is -1.17. The highest BCUT2D eigenvalue weighted by molar-refractivity contribution is 7.53. The Balaban J connectivity index is 1.70. The first-order chi connectivity index (χ1) is 33.5. The summed E-state index contributed by atoms with van der Waals surface area (Å²) in [5, 5.41) is 23.5. The van der Waals surface area contributed by atoms with E-state index in [1.165, 1.54) is 18.7 Å². The minimum Gasteiger partial charge on any atom is -0.460 e. The molecule has 0 aromatic rings. The lowest BCUT2D eigenvalue weighted by molar-refractivity contribution is -0.265. The van der Waals surface area contributed by atoms with Crippen LogP contribution in [-0.4, -0.2) is 140 Å². The Morgan fingerprint density at radius 2 is 1.59 bits per heavy atom. The summed E-state index contributed by atoms with van der Waals surface area (Å²) in [7, 11) is 1.20. The molecule has 3 aliphatic heterocycles. The molecule has 402 valence electrons. The van der Waals surface area contributed by atoms with Crippen LogP contribution in [0.1, 0.15) is 132 Å². The Labute approximate surface area is 423 Å². The number of aliphatic hydroxyl groups is 2. The van der Waals surface area contributed by atoms with Gasteiger partial charge in [0, 0.05) is 65.1 Å². The number of cyclic esters (lactones) is 1. The van der Waals surface area contributed by atoms with Crippen molar-refractivity contribution in [1.82, 2.24) is 4.90 Å². The fourth-order valence-corrected chi connectivity index (χ4v) is 12.0. The monoisotopic (exact) mass is 1020 g/mol. The molecule has 16 nitrogen and oxygen atoms in total. The number of hydrogen-bond acceptors (Lipinski definition) is 15. The number of aliphatic hydroxyl groups excluding tert-OH is 1. The largest absolute Gasteiger partial charge is 0.460 e. The number of allylic oxidation sites excluding steroid dienone is 6. The fourth-order valence-electron chi connectivity index (χ4n) is 10.7. The third-order valence-corrected chi connectivity index (χ3v) is 16.5. The molecule has 3 heterocycles. The maximum atomic E-state index is 14.5. The fraction of sp³-hybridized carbons (Fsp3) is 0.759. The first-order valence-corrected chi connectivity index (χ1v) is 27.9. The lowest BCUT2D eigenvalue weighted by Crippen LogP contribution is -2.61. The smallest absolute Gasteiger partial charge is 0.329 e. The van der Waals surface area contributed by atoms with E-state index in [-0.39, 0.29) is 55.3 Å². The Kier molecular flexibility index (Phi) is 23.7. The van der Waals surface area contributed by atoms with Gasteiger partial charge in [0.05, 0.1) is 31.0 Å². The number of methoxy groups -OCH3 is 3. The van der Waals surface area contributed by atoms with Crippen LogP contribution in [0.5, 0.6) is 0 Å². The van der Waals surface area contributed by atoms with Crippen LogP contribution < -0.4 is 0 Å². The van der Waals surface area contributed by atoms with Crippen molar-refractivity contribution in [2.45, 2.75) is 187 Å². The molecule has 2 N–H and O–H groups in total. The highest BCUT2D eigenvalue weighted by Crippen LogP contribution is 2.48. The second-order valence-corrected chi connectivity index (χ2v) is 22.9. The summed E-state index contributed by atoms with van der Waals surface area (Å²) in [5.41, 5.74) is 1.24. The van der Waals surface area contributed by atoms with Crippen molar-refractivity contribution in [3.05, 3.63) is 47.6 Å². The number of fused-ring (bicyclic) bond motifs is 3. The Bertz CT molecular complexity index is 1980. The third kappa shape index (κ3) is 16.7. The zero-order chi connectivity index (χ0) is 52.8. The van der Waals surface area contributed by atoms with Gasteiger partial charge in [0.15, 0.2) is 5.78 Å². The molecule has 71 heavy (non-hydrogen) atoms. The molecule has 16 atom stereocenters. The number of nitrogens with zero attached hydrogens (tertiary/aromatic N) is 1. The minimum absolute atomic E-state index is 0.00668. The zero-order valence-corrected chi connectivity index (χ0v) is 45.4. The summed E-state index contributed by atoms with van der Waals surface area (Å²) in [4.78, 5) is 72.4. The van der Waals surface area contributed by atoms with Gasteiger partial charge in [-0.1, -0.05) is 71.1 Å². The summed E-state index contributed by atoms with van der Waals surface area (Å²) in [5.74, 6) is -8.26. The predicted molar refractivity (Wildman–Crippen MR) is 269 cm³/mol. The van der Waals surface area contributed by atoms with E-state index >= 15 is 0 Å². The number of carbonyl (C=O) groups excluding carboxylic acids is 5. The van der Waals surface area contributed by atoms with Crippen LogP contribution in [0.2, 0.25) is 0 Å². The first-order valence-electron chi connectivity index (χ1n) is 25.9. The Morgan fingerprint density at radius 3 is 2.25 bits per heavy atom. The lowest BCUT2D eigenvalue weighted by Gasteiger charge is -2.42. The molecule has 0 aromatic heterocycles. The zero-order valence-electron chi connectivity index (χ0n) is 44.5. The number of hydrogen-bond donors (Lipinski definition) is 2. The molecule has 0 aromatic carbocycles. The van der Waals surface area contributed by atoms with E-state index in [2.05, 4.69) is 0 Å². The summed E-state index contributed by atoms with van der Waals surface area (Å²) < 4.78 is 54.0.